The van der Waals surface area contributed by atoms with Gasteiger partial charge in [0.25, 0.3) is 0 Å². The van der Waals surface area contributed by atoms with Gasteiger partial charge in [-0.3, -0.25) is 9.20 Å². The second-order valence-corrected chi connectivity index (χ2v) is 6.30. The molecule has 1 aromatic carbocycles. The first-order valence-corrected chi connectivity index (χ1v) is 8.94. The van der Waals surface area contributed by atoms with E-state index in [1.807, 2.05) is 60.2 Å². The summed E-state index contributed by atoms with van der Waals surface area (Å²) >= 11 is 1.64. The Balaban J connectivity index is 2.06. The Morgan fingerprint density at radius 1 is 1.28 bits per heavy atom. The molecule has 0 spiro atoms. The van der Waals surface area contributed by atoms with Crippen LogP contribution in [0.25, 0.3) is 5.65 Å². The van der Waals surface area contributed by atoms with E-state index in [-0.39, 0.29) is 12.4 Å². The van der Waals surface area contributed by atoms with Crippen LogP contribution in [0.1, 0.15) is 11.3 Å². The molecule has 0 bridgehead atoms. The van der Waals surface area contributed by atoms with Crippen molar-refractivity contribution < 1.29 is 9.53 Å². The number of benzene rings is 1. The summed E-state index contributed by atoms with van der Waals surface area (Å²) in [6.07, 6.45) is 3.93. The van der Waals surface area contributed by atoms with E-state index >= 15 is 0 Å². The molecule has 128 valence electrons. The molecule has 0 N–H and O–H groups in total. The lowest BCUT2D eigenvalue weighted by Gasteiger charge is -2.00. The van der Waals surface area contributed by atoms with Crippen LogP contribution in [0.5, 0.6) is 0 Å². The number of aryl methyl sites for hydroxylation is 1. The minimum Gasteiger partial charge on any atom is -0.469 e. The average Bonchev–Trinajstić information content (AvgIpc) is 2.98. The molecule has 0 amide bonds. The maximum absolute atomic E-state index is 11.7. The third-order valence-electron chi connectivity index (χ3n) is 3.74. The number of fused-ring (bicyclic) bond motifs is 1. The number of aromatic nitrogens is 2. The molecular formula is C18H18N4O2S. The van der Waals surface area contributed by atoms with Crippen LogP contribution in [0.3, 0.4) is 0 Å². The summed E-state index contributed by atoms with van der Waals surface area (Å²) in [7, 11) is 1.36. The summed E-state index contributed by atoms with van der Waals surface area (Å²) in [6, 6.07) is 11.7. The van der Waals surface area contributed by atoms with Gasteiger partial charge in [0.1, 0.15) is 5.65 Å². The number of pyridine rings is 1. The molecule has 25 heavy (non-hydrogen) atoms. The Morgan fingerprint density at radius 2 is 2.12 bits per heavy atom. The minimum absolute atomic E-state index is 0.0524. The quantitative estimate of drug-likeness (QED) is 0.384. The standard InChI is InChI=1S/C18H18N4O2S/c1-12-6-5-9-22-17(12)19-15(11-16(23)24-2)18(22)21-20-13-7-4-8-14(10-13)25-3/h4-10H,11H2,1-3H3. The summed E-state index contributed by atoms with van der Waals surface area (Å²) in [5, 5.41) is 8.71. The highest BCUT2D eigenvalue weighted by Crippen LogP contribution is 2.27. The Bertz CT molecular complexity index is 949. The number of hydrogen-bond acceptors (Lipinski definition) is 6. The highest BCUT2D eigenvalue weighted by atomic mass is 32.2. The van der Waals surface area contributed by atoms with Crippen LogP contribution in [0.4, 0.5) is 11.5 Å². The van der Waals surface area contributed by atoms with Crippen LogP contribution in [-0.2, 0) is 16.0 Å². The number of thioether (sulfide) groups is 1. The fourth-order valence-corrected chi connectivity index (χ4v) is 2.90. The molecule has 0 saturated carbocycles. The van der Waals surface area contributed by atoms with E-state index in [9.17, 15) is 4.79 Å². The van der Waals surface area contributed by atoms with Gasteiger partial charge < -0.3 is 4.74 Å². The van der Waals surface area contributed by atoms with Gasteiger partial charge in [-0.15, -0.1) is 22.0 Å². The van der Waals surface area contributed by atoms with Gasteiger partial charge in [-0.05, 0) is 43.0 Å². The summed E-state index contributed by atoms with van der Waals surface area (Å²) in [5.41, 5.74) is 3.05. The van der Waals surface area contributed by atoms with Crippen LogP contribution in [0.15, 0.2) is 57.7 Å². The molecule has 0 aliphatic carbocycles. The fraction of sp³-hybridized carbons (Fsp3) is 0.222. The lowest BCUT2D eigenvalue weighted by atomic mass is 10.3. The fourth-order valence-electron chi connectivity index (χ4n) is 2.45. The zero-order chi connectivity index (χ0) is 17.8. The molecule has 0 radical (unpaired) electrons. The molecule has 0 unspecified atom stereocenters. The van der Waals surface area contributed by atoms with Gasteiger partial charge in [0, 0.05) is 11.1 Å². The first-order chi connectivity index (χ1) is 12.1. The monoisotopic (exact) mass is 354 g/mol. The molecule has 6 nitrogen and oxygen atoms in total. The zero-order valence-electron chi connectivity index (χ0n) is 14.3. The molecule has 0 saturated heterocycles. The predicted molar refractivity (Wildman–Crippen MR) is 98.0 cm³/mol. The predicted octanol–water partition coefficient (Wildman–Crippen LogP) is 4.50. The number of hydrogen-bond donors (Lipinski definition) is 0. The zero-order valence-corrected chi connectivity index (χ0v) is 15.1. The first kappa shape index (κ1) is 17.2. The number of rotatable bonds is 5. The second kappa shape index (κ2) is 7.48. The Hall–Kier alpha value is -2.67. The molecule has 2 heterocycles. The van der Waals surface area contributed by atoms with Crippen molar-refractivity contribution in [2.45, 2.75) is 18.2 Å². The summed E-state index contributed by atoms with van der Waals surface area (Å²) < 4.78 is 6.61. The van der Waals surface area contributed by atoms with E-state index in [0.29, 0.717) is 11.5 Å². The third-order valence-corrected chi connectivity index (χ3v) is 4.47. The topological polar surface area (TPSA) is 68.3 Å². The maximum Gasteiger partial charge on any atom is 0.311 e. The van der Waals surface area contributed by atoms with Crippen LogP contribution in [0.2, 0.25) is 0 Å². The minimum atomic E-state index is -0.359. The highest BCUT2D eigenvalue weighted by molar-refractivity contribution is 7.98. The number of carbonyl (C=O) groups excluding carboxylic acids is 1. The van der Waals surface area contributed by atoms with Crippen LogP contribution >= 0.6 is 11.8 Å². The number of azo groups is 1. The van der Waals surface area contributed by atoms with E-state index in [1.165, 1.54) is 7.11 Å². The van der Waals surface area contributed by atoms with Crippen LogP contribution in [0, 0.1) is 6.92 Å². The third kappa shape index (κ3) is 3.71. The molecule has 3 rings (SSSR count). The average molecular weight is 354 g/mol. The molecule has 0 fully saturated rings. The normalized spacial score (nSPS) is 11.3. The molecule has 0 atom stereocenters. The van der Waals surface area contributed by atoms with Crippen molar-refractivity contribution >= 4 is 34.9 Å². The molecule has 3 aromatic rings. The summed E-state index contributed by atoms with van der Waals surface area (Å²) in [4.78, 5) is 17.4. The van der Waals surface area contributed by atoms with E-state index in [2.05, 4.69) is 15.2 Å². The first-order valence-electron chi connectivity index (χ1n) is 7.71. The lowest BCUT2D eigenvalue weighted by Crippen LogP contribution is -2.04. The van der Waals surface area contributed by atoms with E-state index in [1.54, 1.807) is 11.8 Å². The molecule has 0 aliphatic rings. The Kier molecular flexibility index (Phi) is 5.14. The van der Waals surface area contributed by atoms with Crippen molar-refractivity contribution in [1.82, 2.24) is 9.38 Å². The summed E-state index contributed by atoms with van der Waals surface area (Å²) in [5.74, 6) is 0.181. The Morgan fingerprint density at radius 3 is 2.88 bits per heavy atom. The van der Waals surface area contributed by atoms with Crippen molar-refractivity contribution in [1.29, 1.82) is 0 Å². The highest BCUT2D eigenvalue weighted by Gasteiger charge is 2.16. The smallest absolute Gasteiger partial charge is 0.311 e. The number of methoxy groups -OCH3 is 1. The summed E-state index contributed by atoms with van der Waals surface area (Å²) in [6.45, 7) is 1.97. The largest absolute Gasteiger partial charge is 0.469 e. The van der Waals surface area contributed by atoms with Crippen molar-refractivity contribution in [2.24, 2.45) is 10.2 Å². The van der Waals surface area contributed by atoms with Crippen LogP contribution in [-0.4, -0.2) is 28.7 Å². The van der Waals surface area contributed by atoms with E-state index in [4.69, 9.17) is 4.74 Å². The second-order valence-electron chi connectivity index (χ2n) is 5.42. The molecular weight excluding hydrogens is 336 g/mol. The van der Waals surface area contributed by atoms with Gasteiger partial charge in [-0.1, -0.05) is 12.1 Å². The van der Waals surface area contributed by atoms with Gasteiger partial charge in [0.05, 0.1) is 24.9 Å². The lowest BCUT2D eigenvalue weighted by molar-refractivity contribution is -0.139. The van der Waals surface area contributed by atoms with Crippen molar-refractivity contribution in [2.75, 3.05) is 13.4 Å². The molecule has 0 aliphatic heterocycles. The van der Waals surface area contributed by atoms with Gasteiger partial charge in [-0.25, -0.2) is 4.98 Å². The van der Waals surface area contributed by atoms with Crippen LogP contribution < -0.4 is 0 Å². The van der Waals surface area contributed by atoms with Gasteiger partial charge in [0.15, 0.2) is 5.82 Å². The number of imidazole rings is 1. The van der Waals surface area contributed by atoms with Gasteiger partial charge in [0.2, 0.25) is 0 Å². The number of carbonyl (C=O) groups is 1. The SMILES string of the molecule is COC(=O)Cc1nc2c(C)cccn2c1N=Nc1cccc(SC)c1. The van der Waals surface area contributed by atoms with Crippen molar-refractivity contribution in [3.8, 4) is 0 Å². The van der Waals surface area contributed by atoms with Crippen molar-refractivity contribution in [3.05, 3.63) is 53.9 Å². The number of nitrogens with zero attached hydrogens (tertiary/aromatic N) is 4. The molecule has 2 aromatic heterocycles. The Labute approximate surface area is 149 Å². The maximum atomic E-state index is 11.7. The van der Waals surface area contributed by atoms with E-state index < -0.39 is 0 Å². The number of esters is 1. The number of ether oxygens (including phenoxy) is 1. The van der Waals surface area contributed by atoms with Gasteiger partial charge >= 0.3 is 5.97 Å². The van der Waals surface area contributed by atoms with Gasteiger partial charge in [-0.2, -0.15) is 0 Å². The van der Waals surface area contributed by atoms with Crippen molar-refractivity contribution in [3.63, 3.8) is 0 Å². The van der Waals surface area contributed by atoms with E-state index in [0.717, 1.165) is 21.8 Å². The molecule has 7 heteroatoms.